The molecule has 1 saturated carbocycles. The molecule has 1 aliphatic heterocycles. The number of rotatable bonds is 3. The van der Waals surface area contributed by atoms with E-state index >= 15 is 0 Å². The molecule has 0 aromatic heterocycles. The van der Waals surface area contributed by atoms with E-state index < -0.39 is 0 Å². The summed E-state index contributed by atoms with van der Waals surface area (Å²) in [6.45, 7) is 4.05. The first kappa shape index (κ1) is 9.57. The first-order valence-electron chi connectivity index (χ1n) is 5.17. The second-order valence-electron chi connectivity index (χ2n) is 4.34. The van der Waals surface area contributed by atoms with Crippen molar-refractivity contribution in [1.82, 2.24) is 4.90 Å². The van der Waals surface area contributed by atoms with Crippen LogP contribution in [0.1, 0.15) is 25.7 Å². The van der Waals surface area contributed by atoms with E-state index in [0.717, 1.165) is 9.97 Å². The summed E-state index contributed by atoms with van der Waals surface area (Å²) >= 11 is -0.220. The Labute approximate surface area is 88.3 Å². The predicted octanol–water partition coefficient (Wildman–Crippen LogP) is 2.14. The van der Waals surface area contributed by atoms with Crippen LogP contribution in [0.3, 0.4) is 0 Å². The minimum absolute atomic E-state index is 0.220. The highest BCUT2D eigenvalue weighted by Crippen LogP contribution is 2.31. The van der Waals surface area contributed by atoms with E-state index in [1.165, 1.54) is 45.3 Å². The molecule has 1 heterocycles. The monoisotopic (exact) mass is 197 g/mol. The highest BCUT2D eigenvalue weighted by atomic mass is 35.5. The summed E-state index contributed by atoms with van der Waals surface area (Å²) in [4.78, 5) is 2.65. The van der Waals surface area contributed by atoms with Crippen LogP contribution >= 0.6 is 9.07 Å². The Bertz CT molecular complexity index is 141. The molecular weight excluding hydrogens is 182 g/mol. The Morgan fingerprint density at radius 1 is 1.17 bits per heavy atom. The molecule has 0 aromatic rings. The van der Waals surface area contributed by atoms with Crippen LogP contribution in [0.2, 0.25) is 4.05 Å². The van der Waals surface area contributed by atoms with Gasteiger partial charge in [-0.3, -0.25) is 0 Å². The molecule has 0 bridgehead atoms. The summed E-state index contributed by atoms with van der Waals surface area (Å²) in [5.41, 5.74) is 0. The van der Waals surface area contributed by atoms with Gasteiger partial charge in [-0.2, -0.15) is 0 Å². The van der Waals surface area contributed by atoms with Gasteiger partial charge in [-0.25, -0.2) is 0 Å². The zero-order valence-corrected chi connectivity index (χ0v) is 9.81. The standard InChI is InChI=1S/C9H16N.ClH.Mg/c1-2-6-10(7-3-1)8-9-4-5-9;;/h1,9H,2-8H2;1H;/q;;+1/p-1. The molecule has 12 heavy (non-hydrogen) atoms. The van der Waals surface area contributed by atoms with Crippen molar-refractivity contribution in [3.8, 4) is 0 Å². The summed E-state index contributed by atoms with van der Waals surface area (Å²) in [6, 6.07) is 0. The Hall–Kier alpha value is 1.02. The minimum atomic E-state index is -0.220. The molecule has 0 spiro atoms. The van der Waals surface area contributed by atoms with Gasteiger partial charge in [-0.1, -0.05) is 12.8 Å². The number of piperidine rings is 1. The Morgan fingerprint density at radius 3 is 2.33 bits per heavy atom. The van der Waals surface area contributed by atoms with Crippen molar-refractivity contribution in [2.75, 3.05) is 19.6 Å². The second-order valence-corrected chi connectivity index (χ2v) is 6.73. The average molecular weight is 198 g/mol. The van der Waals surface area contributed by atoms with Crippen molar-refractivity contribution in [1.29, 1.82) is 0 Å². The quantitative estimate of drug-likeness (QED) is 0.628. The summed E-state index contributed by atoms with van der Waals surface area (Å²) in [6.07, 6.45) is 5.76. The van der Waals surface area contributed by atoms with Crippen LogP contribution in [0.25, 0.3) is 0 Å². The number of halogens is 1. The lowest BCUT2D eigenvalue weighted by Gasteiger charge is -2.31. The van der Waals surface area contributed by atoms with Gasteiger partial charge in [0.1, 0.15) is 0 Å². The Balaban J connectivity index is 1.66. The number of likely N-dealkylation sites (tertiary alicyclic amines) is 1. The Morgan fingerprint density at radius 2 is 1.83 bits per heavy atom. The smallest absolute Gasteiger partial charge is 0.346 e. The molecule has 66 valence electrons. The first-order valence-corrected chi connectivity index (χ1v) is 8.12. The maximum absolute atomic E-state index is 5.97. The maximum atomic E-state index is 5.97. The SMILES string of the molecule is [Cl][Mg][CH]1CCN(CC2CC2)CC1. The van der Waals surface area contributed by atoms with Gasteiger partial charge in [0.05, 0.1) is 0 Å². The van der Waals surface area contributed by atoms with E-state index in [1.807, 2.05) is 0 Å². The van der Waals surface area contributed by atoms with Gasteiger partial charge in [0.2, 0.25) is 0 Å². The predicted molar refractivity (Wildman–Crippen MR) is 53.8 cm³/mol. The summed E-state index contributed by atoms with van der Waals surface area (Å²) < 4.78 is 0.946. The highest BCUT2D eigenvalue weighted by molar-refractivity contribution is 6.94. The lowest BCUT2D eigenvalue weighted by Crippen LogP contribution is -2.34. The Kier molecular flexibility index (Phi) is 3.58. The van der Waals surface area contributed by atoms with Crippen LogP contribution in [-0.4, -0.2) is 43.8 Å². The molecule has 0 unspecified atom stereocenters. The number of hydrogen-bond donors (Lipinski definition) is 0. The van der Waals surface area contributed by atoms with E-state index in [9.17, 15) is 0 Å². The van der Waals surface area contributed by atoms with Crippen LogP contribution < -0.4 is 0 Å². The molecule has 0 atom stereocenters. The third kappa shape index (κ3) is 2.76. The van der Waals surface area contributed by atoms with Gasteiger partial charge in [0, 0.05) is 6.54 Å². The maximum Gasteiger partial charge on any atom is 0.504 e. The second kappa shape index (κ2) is 4.49. The molecule has 2 fully saturated rings. The van der Waals surface area contributed by atoms with Crippen LogP contribution in [0.4, 0.5) is 0 Å². The van der Waals surface area contributed by atoms with Gasteiger partial charge < -0.3 is 14.0 Å². The zero-order chi connectivity index (χ0) is 8.39. The molecule has 0 aromatic carbocycles. The van der Waals surface area contributed by atoms with Crippen LogP contribution in [0.5, 0.6) is 0 Å². The number of nitrogens with zero attached hydrogens (tertiary/aromatic N) is 1. The molecule has 1 aliphatic carbocycles. The molecule has 2 rings (SSSR count). The van der Waals surface area contributed by atoms with Crippen molar-refractivity contribution in [3.05, 3.63) is 0 Å². The topological polar surface area (TPSA) is 3.24 Å². The van der Waals surface area contributed by atoms with Crippen LogP contribution in [0, 0.1) is 5.92 Å². The summed E-state index contributed by atoms with van der Waals surface area (Å²) in [5, 5.41) is 0. The van der Waals surface area contributed by atoms with Crippen molar-refractivity contribution in [3.63, 3.8) is 0 Å². The lowest BCUT2D eigenvalue weighted by molar-refractivity contribution is 0.220. The fourth-order valence-corrected chi connectivity index (χ4v) is 3.59. The molecule has 0 amide bonds. The van der Waals surface area contributed by atoms with Gasteiger partial charge >= 0.3 is 19.3 Å². The van der Waals surface area contributed by atoms with E-state index in [0.29, 0.717) is 0 Å². The molecule has 1 nitrogen and oxygen atoms in total. The molecular formula is C9H16ClMgN. The van der Waals surface area contributed by atoms with Crippen LogP contribution in [-0.2, 0) is 0 Å². The lowest BCUT2D eigenvalue weighted by atomic mass is 10.1. The first-order chi connectivity index (χ1) is 5.88. The zero-order valence-electron chi connectivity index (χ0n) is 7.64. The van der Waals surface area contributed by atoms with E-state index in [2.05, 4.69) is 4.90 Å². The minimum Gasteiger partial charge on any atom is -0.346 e. The van der Waals surface area contributed by atoms with Gasteiger partial charge in [-0.05, 0) is 31.8 Å². The van der Waals surface area contributed by atoms with E-state index in [-0.39, 0.29) is 19.3 Å². The largest absolute Gasteiger partial charge is 0.504 e. The van der Waals surface area contributed by atoms with Crippen molar-refractivity contribution < 1.29 is 0 Å². The van der Waals surface area contributed by atoms with Gasteiger partial charge in [0.15, 0.2) is 0 Å². The van der Waals surface area contributed by atoms with Crippen molar-refractivity contribution in [2.45, 2.75) is 29.7 Å². The van der Waals surface area contributed by atoms with E-state index in [4.69, 9.17) is 9.07 Å². The van der Waals surface area contributed by atoms with E-state index in [1.54, 1.807) is 0 Å². The fourth-order valence-electron chi connectivity index (χ4n) is 1.99. The van der Waals surface area contributed by atoms with Crippen molar-refractivity contribution >= 4 is 28.3 Å². The van der Waals surface area contributed by atoms with Crippen LogP contribution in [0.15, 0.2) is 0 Å². The third-order valence-electron chi connectivity index (χ3n) is 3.14. The van der Waals surface area contributed by atoms with Crippen molar-refractivity contribution in [2.24, 2.45) is 5.92 Å². The number of hydrogen-bond acceptors (Lipinski definition) is 1. The van der Waals surface area contributed by atoms with Gasteiger partial charge in [-0.15, -0.1) is 4.05 Å². The molecule has 0 N–H and O–H groups in total. The third-order valence-corrected chi connectivity index (χ3v) is 5.70. The average Bonchev–Trinajstić information content (AvgIpc) is 2.90. The summed E-state index contributed by atoms with van der Waals surface area (Å²) in [5.74, 6) is 1.06. The molecule has 1 saturated heterocycles. The molecule has 3 heteroatoms. The highest BCUT2D eigenvalue weighted by Gasteiger charge is 2.26. The molecule has 0 radical (unpaired) electrons. The van der Waals surface area contributed by atoms with Gasteiger partial charge in [0.25, 0.3) is 0 Å². The normalized spacial score (nSPS) is 27.1. The summed E-state index contributed by atoms with van der Waals surface area (Å²) in [7, 11) is 5.97. The fraction of sp³-hybridized carbons (Fsp3) is 1.00. The molecule has 2 aliphatic rings.